The number of hydrogen-bond acceptors (Lipinski definition) is 1. The van der Waals surface area contributed by atoms with Crippen molar-refractivity contribution in [2.24, 2.45) is 16.8 Å². The van der Waals surface area contributed by atoms with Gasteiger partial charge in [-0.2, -0.15) is 0 Å². The lowest BCUT2D eigenvalue weighted by atomic mass is 9.86. The second-order valence-electron chi connectivity index (χ2n) is 4.16. The zero-order valence-electron chi connectivity index (χ0n) is 7.76. The molecule has 1 radical (unpaired) electrons. The quantitative estimate of drug-likeness (QED) is 0.528. The summed E-state index contributed by atoms with van der Waals surface area (Å²) in [7, 11) is 0. The summed E-state index contributed by atoms with van der Waals surface area (Å²) in [4.78, 5) is 4.22. The summed E-state index contributed by atoms with van der Waals surface area (Å²) in [6.07, 6.45) is 13.2. The van der Waals surface area contributed by atoms with Crippen molar-refractivity contribution in [2.75, 3.05) is 6.54 Å². The van der Waals surface area contributed by atoms with Crippen molar-refractivity contribution in [1.29, 1.82) is 0 Å². The summed E-state index contributed by atoms with van der Waals surface area (Å²) < 4.78 is 0. The highest BCUT2D eigenvalue weighted by atomic mass is 14.7. The maximum absolute atomic E-state index is 4.22. The van der Waals surface area contributed by atoms with Crippen molar-refractivity contribution in [3.05, 3.63) is 0 Å². The Morgan fingerprint density at radius 1 is 0.917 bits per heavy atom. The molecule has 67 valence electrons. The monoisotopic (exact) mass is 164 g/mol. The van der Waals surface area contributed by atoms with E-state index in [0.29, 0.717) is 0 Å². The number of nitrogens with zero attached hydrogens (tertiary/aromatic N) is 1. The van der Waals surface area contributed by atoms with Gasteiger partial charge in [0.05, 0.1) is 6.21 Å². The van der Waals surface area contributed by atoms with Crippen molar-refractivity contribution in [1.82, 2.24) is 0 Å². The molecule has 1 nitrogen and oxygen atoms in total. The third-order valence-corrected chi connectivity index (χ3v) is 3.28. The lowest BCUT2D eigenvalue weighted by molar-refractivity contribution is 0.372. The van der Waals surface area contributed by atoms with Crippen LogP contribution in [0.25, 0.3) is 0 Å². The van der Waals surface area contributed by atoms with E-state index in [4.69, 9.17) is 0 Å². The van der Waals surface area contributed by atoms with Gasteiger partial charge in [-0.05, 0) is 25.2 Å². The molecule has 2 rings (SSSR count). The van der Waals surface area contributed by atoms with Crippen molar-refractivity contribution in [2.45, 2.75) is 44.9 Å². The fourth-order valence-corrected chi connectivity index (χ4v) is 2.50. The minimum Gasteiger partial charge on any atom is -0.288 e. The van der Waals surface area contributed by atoms with Gasteiger partial charge in [0.25, 0.3) is 0 Å². The third-order valence-electron chi connectivity index (χ3n) is 3.28. The molecule has 0 N–H and O–H groups in total. The van der Waals surface area contributed by atoms with E-state index in [1.165, 1.54) is 44.9 Å². The molecule has 1 aliphatic carbocycles. The molecule has 0 saturated heterocycles. The molecule has 0 amide bonds. The minimum atomic E-state index is 0.725. The Bertz CT molecular complexity index is 154. The fraction of sp³-hybridized carbons (Fsp3) is 0.909. The normalized spacial score (nSPS) is 32.2. The molecule has 1 atom stereocenters. The van der Waals surface area contributed by atoms with E-state index in [1.54, 1.807) is 0 Å². The minimum absolute atomic E-state index is 0.725. The highest BCUT2D eigenvalue weighted by Gasteiger charge is 2.23. The lowest BCUT2D eigenvalue weighted by Crippen LogP contribution is -2.13. The van der Waals surface area contributed by atoms with Gasteiger partial charge in [-0.3, -0.25) is 4.99 Å². The molecule has 1 heteroatoms. The molecule has 0 aromatic heterocycles. The van der Waals surface area contributed by atoms with Crippen LogP contribution in [0, 0.1) is 11.8 Å². The third kappa shape index (κ3) is 1.88. The zero-order valence-corrected chi connectivity index (χ0v) is 7.76. The van der Waals surface area contributed by atoms with Crippen molar-refractivity contribution in [3.63, 3.8) is 0 Å². The number of aliphatic imine (C=N–C) groups is 1. The molecule has 1 fully saturated rings. The van der Waals surface area contributed by atoms with Gasteiger partial charge in [-0.25, -0.2) is 0 Å². The first-order chi connectivity index (χ1) is 5.97. The molecule has 1 unspecified atom stereocenters. The van der Waals surface area contributed by atoms with E-state index in [1.807, 2.05) is 0 Å². The average Bonchev–Trinajstić information content (AvgIpc) is 2.48. The van der Waals surface area contributed by atoms with Crippen molar-refractivity contribution in [3.8, 4) is 0 Å². The summed E-state index contributed by atoms with van der Waals surface area (Å²) in [6.45, 7) is 1.04. The molecule has 0 aromatic rings. The van der Waals surface area contributed by atoms with Crippen molar-refractivity contribution >= 4 is 6.21 Å². The number of hydrogen-bond donors (Lipinski definition) is 0. The molecule has 1 aliphatic heterocycles. The van der Waals surface area contributed by atoms with Crippen LogP contribution in [-0.4, -0.2) is 12.8 Å². The van der Waals surface area contributed by atoms with Gasteiger partial charge >= 0.3 is 0 Å². The standard InChI is InChI=1S/C11H18N/c1-2-4-6-10(5-3-1)11-7-8-12-9-11/h10-11H,1-8H2. The first-order valence-electron chi connectivity index (χ1n) is 5.39. The van der Waals surface area contributed by atoms with Gasteiger partial charge in [-0.15, -0.1) is 0 Å². The van der Waals surface area contributed by atoms with Crippen LogP contribution in [0.5, 0.6) is 0 Å². The second-order valence-corrected chi connectivity index (χ2v) is 4.16. The van der Waals surface area contributed by atoms with Gasteiger partial charge in [0.2, 0.25) is 0 Å². The summed E-state index contributed by atoms with van der Waals surface area (Å²) in [6, 6.07) is 0. The van der Waals surface area contributed by atoms with E-state index in [0.717, 1.165) is 18.4 Å². The first kappa shape index (κ1) is 8.28. The summed E-state index contributed by atoms with van der Waals surface area (Å²) in [5.41, 5.74) is 0. The van der Waals surface area contributed by atoms with Gasteiger partial charge in [0, 0.05) is 12.5 Å². The SMILES string of the molecule is [C]1=NCCC1C1CCCCCC1. The largest absolute Gasteiger partial charge is 0.288 e. The van der Waals surface area contributed by atoms with Crippen molar-refractivity contribution < 1.29 is 0 Å². The Hall–Kier alpha value is -0.330. The van der Waals surface area contributed by atoms with Crippen LogP contribution in [0.15, 0.2) is 4.99 Å². The summed E-state index contributed by atoms with van der Waals surface area (Å²) >= 11 is 0. The molecule has 0 spiro atoms. The molecular weight excluding hydrogens is 146 g/mol. The van der Waals surface area contributed by atoms with Crippen LogP contribution in [-0.2, 0) is 0 Å². The van der Waals surface area contributed by atoms with Gasteiger partial charge in [0.1, 0.15) is 0 Å². The second kappa shape index (κ2) is 4.06. The van der Waals surface area contributed by atoms with Crippen LogP contribution < -0.4 is 0 Å². The van der Waals surface area contributed by atoms with E-state index >= 15 is 0 Å². The maximum Gasteiger partial charge on any atom is 0.0595 e. The van der Waals surface area contributed by atoms with Crippen LogP contribution in [0.3, 0.4) is 0 Å². The van der Waals surface area contributed by atoms with E-state index in [9.17, 15) is 0 Å². The molecule has 1 saturated carbocycles. The van der Waals surface area contributed by atoms with Gasteiger partial charge in [0.15, 0.2) is 0 Å². The Labute approximate surface area is 75.3 Å². The molecule has 2 aliphatic rings. The first-order valence-corrected chi connectivity index (χ1v) is 5.39. The van der Waals surface area contributed by atoms with E-state index in [-0.39, 0.29) is 0 Å². The van der Waals surface area contributed by atoms with Crippen LogP contribution in [0.4, 0.5) is 0 Å². The van der Waals surface area contributed by atoms with Crippen LogP contribution in [0.2, 0.25) is 0 Å². The molecular formula is C11H18N. The Kier molecular flexibility index (Phi) is 2.80. The smallest absolute Gasteiger partial charge is 0.0595 e. The molecule has 0 bridgehead atoms. The molecule has 1 heterocycles. The lowest BCUT2D eigenvalue weighted by Gasteiger charge is -2.18. The van der Waals surface area contributed by atoms with Gasteiger partial charge < -0.3 is 0 Å². The van der Waals surface area contributed by atoms with Crippen LogP contribution in [0.1, 0.15) is 44.9 Å². The fourth-order valence-electron chi connectivity index (χ4n) is 2.50. The topological polar surface area (TPSA) is 12.4 Å². The van der Waals surface area contributed by atoms with E-state index in [2.05, 4.69) is 11.2 Å². The molecule has 0 aromatic carbocycles. The average molecular weight is 164 g/mol. The predicted octanol–water partition coefficient (Wildman–Crippen LogP) is 2.92. The van der Waals surface area contributed by atoms with Gasteiger partial charge in [-0.1, -0.05) is 25.7 Å². The van der Waals surface area contributed by atoms with E-state index < -0.39 is 0 Å². The Morgan fingerprint density at radius 2 is 1.67 bits per heavy atom. The maximum atomic E-state index is 4.22. The zero-order chi connectivity index (χ0) is 8.23. The highest BCUT2D eigenvalue weighted by molar-refractivity contribution is 5.63. The number of rotatable bonds is 1. The Morgan fingerprint density at radius 3 is 2.25 bits per heavy atom. The highest BCUT2D eigenvalue weighted by Crippen LogP contribution is 2.31. The van der Waals surface area contributed by atoms with Crippen LogP contribution >= 0.6 is 0 Å². The predicted molar refractivity (Wildman–Crippen MR) is 51.6 cm³/mol. The molecule has 12 heavy (non-hydrogen) atoms. The summed E-state index contributed by atoms with van der Waals surface area (Å²) in [5.74, 6) is 1.65. The summed E-state index contributed by atoms with van der Waals surface area (Å²) in [5, 5.41) is 0. The Balaban J connectivity index is 1.87.